The van der Waals surface area contributed by atoms with Gasteiger partial charge in [-0.1, -0.05) is 19.1 Å². The number of nitrogens with one attached hydrogen (secondary N) is 1. The monoisotopic (exact) mass is 595 g/mol. The van der Waals surface area contributed by atoms with Crippen molar-refractivity contribution in [2.45, 2.75) is 44.7 Å². The number of pyridine rings is 1. The molecule has 2 aliphatic rings. The fourth-order valence-electron chi connectivity index (χ4n) is 5.66. The van der Waals surface area contributed by atoms with E-state index in [1.165, 1.54) is 26.3 Å². The van der Waals surface area contributed by atoms with E-state index in [4.69, 9.17) is 15.6 Å². The minimum absolute atomic E-state index is 0.00209. The predicted octanol–water partition coefficient (Wildman–Crippen LogP) is 3.72. The van der Waals surface area contributed by atoms with Gasteiger partial charge in [-0.2, -0.15) is 5.10 Å². The van der Waals surface area contributed by atoms with Crippen LogP contribution in [0.4, 0.5) is 11.6 Å². The fourth-order valence-corrected chi connectivity index (χ4v) is 5.66. The van der Waals surface area contributed by atoms with Crippen molar-refractivity contribution in [3.05, 3.63) is 66.1 Å². The summed E-state index contributed by atoms with van der Waals surface area (Å²) >= 11 is 0. The highest BCUT2D eigenvalue weighted by molar-refractivity contribution is 6.06. The van der Waals surface area contributed by atoms with Crippen LogP contribution in [0.1, 0.15) is 48.1 Å². The standard InChI is InChI=1S/C32H37N9O3/c1-4-20-11-13-34-26(16-20)37-32(43)24-10-7-21(17-25(24)44-3)29-28-30(33)35-19-36-31(28)41(38-29)23-12-15-40(18-23)27(42)6-5-14-39(2)22-8-9-22/h5-7,10-11,13,16-17,19,22-23H,4,8-9,12,14-15,18H2,1-3H3,(H2,33,35,36)(H,34,37,43)/b6-5+/t23-/m1/s1. The maximum absolute atomic E-state index is 13.2. The molecule has 2 fully saturated rings. The summed E-state index contributed by atoms with van der Waals surface area (Å²) in [5.74, 6) is 0.809. The second-order valence-electron chi connectivity index (χ2n) is 11.3. The highest BCUT2D eigenvalue weighted by Gasteiger charge is 2.31. The number of hydrogen-bond donors (Lipinski definition) is 2. The van der Waals surface area contributed by atoms with Crippen molar-refractivity contribution in [1.29, 1.82) is 0 Å². The molecule has 0 spiro atoms. The Kier molecular flexibility index (Phi) is 8.25. The van der Waals surface area contributed by atoms with Gasteiger partial charge < -0.3 is 20.7 Å². The van der Waals surface area contributed by atoms with Gasteiger partial charge in [0.05, 0.1) is 24.1 Å². The number of amides is 2. The molecule has 1 aliphatic carbocycles. The Hall–Kier alpha value is -4.84. The van der Waals surface area contributed by atoms with Gasteiger partial charge >= 0.3 is 0 Å². The molecular formula is C32H37N9O3. The summed E-state index contributed by atoms with van der Waals surface area (Å²) in [6, 6.07) is 9.60. The smallest absolute Gasteiger partial charge is 0.260 e. The number of hydrogen-bond acceptors (Lipinski definition) is 9. The average molecular weight is 596 g/mol. The molecule has 12 heteroatoms. The van der Waals surface area contributed by atoms with E-state index in [1.807, 2.05) is 34.7 Å². The second-order valence-corrected chi connectivity index (χ2v) is 11.3. The molecule has 0 radical (unpaired) electrons. The summed E-state index contributed by atoms with van der Waals surface area (Å²) < 4.78 is 7.48. The lowest BCUT2D eigenvalue weighted by atomic mass is 10.1. The van der Waals surface area contributed by atoms with Gasteiger partial charge in [-0.05, 0) is 62.6 Å². The van der Waals surface area contributed by atoms with Crippen molar-refractivity contribution in [1.82, 2.24) is 34.5 Å². The minimum Gasteiger partial charge on any atom is -0.496 e. The lowest BCUT2D eigenvalue weighted by molar-refractivity contribution is -0.125. The van der Waals surface area contributed by atoms with Gasteiger partial charge in [0.2, 0.25) is 5.91 Å². The van der Waals surface area contributed by atoms with Crippen LogP contribution in [0.25, 0.3) is 22.3 Å². The molecule has 4 aromatic rings. The van der Waals surface area contributed by atoms with Crippen LogP contribution in [0.15, 0.2) is 55.0 Å². The number of methoxy groups -OCH3 is 1. The summed E-state index contributed by atoms with van der Waals surface area (Å²) in [6.07, 6.45) is 10.8. The molecule has 1 saturated carbocycles. The van der Waals surface area contributed by atoms with Crippen molar-refractivity contribution in [3.63, 3.8) is 0 Å². The lowest BCUT2D eigenvalue weighted by Crippen LogP contribution is -2.28. The normalized spacial score (nSPS) is 16.7. The number of anilines is 2. The molecule has 44 heavy (non-hydrogen) atoms. The van der Waals surface area contributed by atoms with E-state index in [9.17, 15) is 9.59 Å². The molecular weight excluding hydrogens is 558 g/mol. The molecule has 1 saturated heterocycles. The number of nitrogens with two attached hydrogens (primary N) is 1. The number of aryl methyl sites for hydroxylation is 1. The number of ether oxygens (including phenoxy) is 1. The Bertz CT molecular complexity index is 1730. The van der Waals surface area contributed by atoms with Gasteiger partial charge in [-0.15, -0.1) is 0 Å². The number of carbonyl (C=O) groups excluding carboxylic acids is 2. The van der Waals surface area contributed by atoms with E-state index >= 15 is 0 Å². The van der Waals surface area contributed by atoms with E-state index < -0.39 is 0 Å². The minimum atomic E-state index is -0.337. The highest BCUT2D eigenvalue weighted by atomic mass is 16.5. The first kappa shape index (κ1) is 29.2. The Morgan fingerprint density at radius 2 is 2.00 bits per heavy atom. The predicted molar refractivity (Wildman–Crippen MR) is 168 cm³/mol. The van der Waals surface area contributed by atoms with E-state index in [1.54, 1.807) is 30.5 Å². The topological polar surface area (TPSA) is 144 Å². The SMILES string of the molecule is CCc1ccnc(NC(=O)c2ccc(-c3nn([C@@H]4CCN(C(=O)/C=C/CN(C)C5CC5)C4)c4ncnc(N)c34)cc2OC)c1. The van der Waals surface area contributed by atoms with Gasteiger partial charge in [-0.3, -0.25) is 14.5 Å². The molecule has 3 N–H and O–H groups in total. The van der Waals surface area contributed by atoms with Crippen molar-refractivity contribution >= 4 is 34.5 Å². The van der Waals surface area contributed by atoms with Crippen molar-refractivity contribution in [3.8, 4) is 17.0 Å². The largest absolute Gasteiger partial charge is 0.496 e. The summed E-state index contributed by atoms with van der Waals surface area (Å²) in [5.41, 5.74) is 9.66. The maximum Gasteiger partial charge on any atom is 0.260 e. The van der Waals surface area contributed by atoms with Crippen LogP contribution >= 0.6 is 0 Å². The molecule has 6 rings (SSSR count). The molecule has 1 aromatic carbocycles. The summed E-state index contributed by atoms with van der Waals surface area (Å²) in [7, 11) is 3.61. The lowest BCUT2D eigenvalue weighted by Gasteiger charge is -2.16. The van der Waals surface area contributed by atoms with Gasteiger partial charge in [0.1, 0.15) is 29.4 Å². The van der Waals surface area contributed by atoms with Crippen LogP contribution < -0.4 is 15.8 Å². The molecule has 4 heterocycles. The number of likely N-dealkylation sites (tertiary alicyclic amines) is 1. The molecule has 0 unspecified atom stereocenters. The number of nitrogen functional groups attached to an aromatic ring is 1. The van der Waals surface area contributed by atoms with Crippen molar-refractivity contribution < 1.29 is 14.3 Å². The zero-order chi connectivity index (χ0) is 30.8. The van der Waals surface area contributed by atoms with E-state index in [2.05, 4.69) is 32.2 Å². The third kappa shape index (κ3) is 5.98. The highest BCUT2D eigenvalue weighted by Crippen LogP contribution is 2.36. The first-order valence-corrected chi connectivity index (χ1v) is 14.9. The number of likely N-dealkylation sites (N-methyl/N-ethyl adjacent to an activating group) is 1. The van der Waals surface area contributed by atoms with Crippen LogP contribution in [-0.4, -0.2) is 86.2 Å². The van der Waals surface area contributed by atoms with Gasteiger partial charge in [0.15, 0.2) is 5.65 Å². The number of nitrogens with zero attached hydrogens (tertiary/aromatic N) is 7. The molecule has 2 amide bonds. The average Bonchev–Trinajstić information content (AvgIpc) is 3.64. The van der Waals surface area contributed by atoms with Gasteiger partial charge in [0, 0.05) is 43.5 Å². The zero-order valence-corrected chi connectivity index (χ0v) is 25.2. The molecule has 0 bridgehead atoms. The molecule has 12 nitrogen and oxygen atoms in total. The van der Waals surface area contributed by atoms with Crippen molar-refractivity contribution in [2.24, 2.45) is 0 Å². The number of carbonyl (C=O) groups is 2. The van der Waals surface area contributed by atoms with Crippen molar-refractivity contribution in [2.75, 3.05) is 44.8 Å². The van der Waals surface area contributed by atoms with E-state index in [0.29, 0.717) is 64.4 Å². The molecule has 1 atom stereocenters. The number of benzene rings is 1. The van der Waals surface area contributed by atoms with Crippen LogP contribution in [0.3, 0.4) is 0 Å². The molecule has 228 valence electrons. The van der Waals surface area contributed by atoms with Crippen LogP contribution in [0.2, 0.25) is 0 Å². The number of fused-ring (bicyclic) bond motifs is 1. The Labute approximate surface area is 255 Å². The molecule has 1 aliphatic heterocycles. The first-order chi connectivity index (χ1) is 21.4. The maximum atomic E-state index is 13.2. The zero-order valence-electron chi connectivity index (χ0n) is 25.2. The van der Waals surface area contributed by atoms with E-state index in [-0.39, 0.29) is 17.9 Å². The summed E-state index contributed by atoms with van der Waals surface area (Å²) in [6.45, 7) is 3.94. The fraction of sp³-hybridized carbons (Fsp3) is 0.375. The Balaban J connectivity index is 1.24. The first-order valence-electron chi connectivity index (χ1n) is 14.9. The second kappa shape index (κ2) is 12.4. The number of rotatable bonds is 10. The van der Waals surface area contributed by atoms with Gasteiger partial charge in [0.25, 0.3) is 5.91 Å². The third-order valence-corrected chi connectivity index (χ3v) is 8.36. The van der Waals surface area contributed by atoms with E-state index in [0.717, 1.165) is 24.9 Å². The number of aromatic nitrogens is 5. The summed E-state index contributed by atoms with van der Waals surface area (Å²) in [5, 5.41) is 8.42. The van der Waals surface area contributed by atoms with Crippen LogP contribution in [0, 0.1) is 0 Å². The van der Waals surface area contributed by atoms with Crippen LogP contribution in [-0.2, 0) is 11.2 Å². The third-order valence-electron chi connectivity index (χ3n) is 8.36. The Morgan fingerprint density at radius 1 is 1.16 bits per heavy atom. The van der Waals surface area contributed by atoms with Crippen LogP contribution in [0.5, 0.6) is 5.75 Å². The quantitative estimate of drug-likeness (QED) is 0.262. The summed E-state index contributed by atoms with van der Waals surface area (Å²) in [4.78, 5) is 43.2. The van der Waals surface area contributed by atoms with Gasteiger partial charge in [-0.25, -0.2) is 19.6 Å². The molecule has 3 aromatic heterocycles. The Morgan fingerprint density at radius 3 is 2.77 bits per heavy atom.